The molecule has 1 aliphatic rings. The SMILES string of the molecule is CCCN1CCC(CNC(=NCC(OC)C(C)(C)C)NCC)CC1.I. The second-order valence-electron chi connectivity index (χ2n) is 7.98. The van der Waals surface area contributed by atoms with E-state index in [1.54, 1.807) is 7.11 Å². The molecule has 150 valence electrons. The Morgan fingerprint density at radius 3 is 2.32 bits per heavy atom. The maximum Gasteiger partial charge on any atom is 0.191 e. The van der Waals surface area contributed by atoms with Crippen LogP contribution in [-0.4, -0.2) is 63.3 Å². The van der Waals surface area contributed by atoms with Crippen LogP contribution in [0, 0.1) is 11.3 Å². The molecule has 0 aliphatic carbocycles. The van der Waals surface area contributed by atoms with Crippen molar-refractivity contribution in [3.8, 4) is 0 Å². The third-order valence-electron chi connectivity index (χ3n) is 4.82. The Morgan fingerprint density at radius 1 is 1.20 bits per heavy atom. The number of nitrogens with one attached hydrogen (secondary N) is 2. The van der Waals surface area contributed by atoms with Gasteiger partial charge in [0.2, 0.25) is 0 Å². The summed E-state index contributed by atoms with van der Waals surface area (Å²) in [5.74, 6) is 1.67. The van der Waals surface area contributed by atoms with Gasteiger partial charge in [0, 0.05) is 20.2 Å². The smallest absolute Gasteiger partial charge is 0.191 e. The van der Waals surface area contributed by atoms with Crippen LogP contribution in [0.3, 0.4) is 0 Å². The molecule has 0 aromatic heterocycles. The minimum Gasteiger partial charge on any atom is -0.379 e. The number of ether oxygens (including phenoxy) is 1. The number of hydrogen-bond donors (Lipinski definition) is 2. The topological polar surface area (TPSA) is 48.9 Å². The molecule has 1 rings (SSSR count). The highest BCUT2D eigenvalue weighted by Crippen LogP contribution is 2.22. The van der Waals surface area contributed by atoms with Crippen molar-refractivity contribution in [2.45, 2.75) is 60.0 Å². The molecule has 0 aromatic carbocycles. The Labute approximate surface area is 172 Å². The molecular weight excluding hydrogens is 427 g/mol. The van der Waals surface area contributed by atoms with Crippen LogP contribution in [0.25, 0.3) is 0 Å². The summed E-state index contributed by atoms with van der Waals surface area (Å²) in [6, 6.07) is 0. The standard InChI is InChI=1S/C19H40N4O.HI/c1-7-11-23-12-9-16(10-13-23)14-21-18(20-8-2)22-15-17(24-6)19(3,4)5;/h16-17H,7-15H2,1-6H3,(H2,20,21,22);1H. The first kappa shape index (κ1) is 24.9. The van der Waals surface area contributed by atoms with Crippen LogP contribution in [0.15, 0.2) is 4.99 Å². The molecule has 2 N–H and O–H groups in total. The highest BCUT2D eigenvalue weighted by atomic mass is 127. The number of halogens is 1. The fraction of sp³-hybridized carbons (Fsp3) is 0.947. The Morgan fingerprint density at radius 2 is 1.84 bits per heavy atom. The summed E-state index contributed by atoms with van der Waals surface area (Å²) < 4.78 is 5.60. The first-order chi connectivity index (χ1) is 11.4. The molecule has 5 nitrogen and oxygen atoms in total. The summed E-state index contributed by atoms with van der Waals surface area (Å²) in [4.78, 5) is 7.32. The summed E-state index contributed by atoms with van der Waals surface area (Å²) in [5.41, 5.74) is 0.0989. The van der Waals surface area contributed by atoms with E-state index < -0.39 is 0 Å². The van der Waals surface area contributed by atoms with Crippen LogP contribution in [0.1, 0.15) is 53.9 Å². The molecule has 0 amide bonds. The first-order valence-electron chi connectivity index (χ1n) is 9.68. The quantitative estimate of drug-likeness (QED) is 0.326. The molecule has 1 saturated heterocycles. The molecule has 0 radical (unpaired) electrons. The van der Waals surface area contributed by atoms with Crippen molar-refractivity contribution in [1.82, 2.24) is 15.5 Å². The van der Waals surface area contributed by atoms with Crippen LogP contribution in [-0.2, 0) is 4.74 Å². The highest BCUT2D eigenvalue weighted by molar-refractivity contribution is 14.0. The molecule has 0 aromatic rings. The molecule has 1 fully saturated rings. The number of nitrogens with zero attached hydrogens (tertiary/aromatic N) is 2. The van der Waals surface area contributed by atoms with E-state index in [1.807, 2.05) is 0 Å². The van der Waals surface area contributed by atoms with Gasteiger partial charge in [-0.2, -0.15) is 0 Å². The zero-order valence-corrected chi connectivity index (χ0v) is 19.6. The molecular formula is C19H41IN4O. The number of hydrogen-bond acceptors (Lipinski definition) is 3. The zero-order valence-electron chi connectivity index (χ0n) is 17.2. The van der Waals surface area contributed by atoms with E-state index in [9.17, 15) is 0 Å². The second-order valence-corrected chi connectivity index (χ2v) is 7.98. The fourth-order valence-electron chi connectivity index (χ4n) is 3.19. The van der Waals surface area contributed by atoms with Gasteiger partial charge in [-0.1, -0.05) is 27.7 Å². The Kier molecular flexibility index (Phi) is 13.1. The predicted molar refractivity (Wildman–Crippen MR) is 119 cm³/mol. The molecule has 25 heavy (non-hydrogen) atoms. The van der Waals surface area contributed by atoms with Crippen molar-refractivity contribution in [1.29, 1.82) is 0 Å². The van der Waals surface area contributed by atoms with Gasteiger partial charge in [0.25, 0.3) is 0 Å². The van der Waals surface area contributed by atoms with Crippen LogP contribution >= 0.6 is 24.0 Å². The minimum atomic E-state index is 0. The van der Waals surface area contributed by atoms with Crippen molar-refractivity contribution in [3.05, 3.63) is 0 Å². The molecule has 0 bridgehead atoms. The summed E-state index contributed by atoms with van der Waals surface area (Å²) in [5, 5.41) is 6.89. The van der Waals surface area contributed by atoms with E-state index in [1.165, 1.54) is 38.9 Å². The van der Waals surface area contributed by atoms with Crippen molar-refractivity contribution >= 4 is 29.9 Å². The first-order valence-corrected chi connectivity index (χ1v) is 9.68. The normalized spacial score (nSPS) is 18.6. The number of likely N-dealkylation sites (tertiary alicyclic amines) is 1. The molecule has 0 saturated carbocycles. The Balaban J connectivity index is 0.00000576. The van der Waals surface area contributed by atoms with Crippen LogP contribution in [0.4, 0.5) is 0 Å². The van der Waals surface area contributed by atoms with Gasteiger partial charge in [-0.3, -0.25) is 4.99 Å². The predicted octanol–water partition coefficient (Wildman–Crippen LogP) is 3.34. The number of rotatable bonds is 8. The van der Waals surface area contributed by atoms with Gasteiger partial charge in [-0.15, -0.1) is 24.0 Å². The van der Waals surface area contributed by atoms with E-state index in [0.29, 0.717) is 6.54 Å². The number of guanidine groups is 1. The van der Waals surface area contributed by atoms with Gasteiger partial charge in [0.1, 0.15) is 0 Å². The van der Waals surface area contributed by atoms with E-state index in [0.717, 1.165) is 25.0 Å². The van der Waals surface area contributed by atoms with E-state index >= 15 is 0 Å². The second kappa shape index (κ2) is 13.1. The van der Waals surface area contributed by atoms with Gasteiger partial charge in [0.15, 0.2) is 5.96 Å². The number of aliphatic imine (C=N–C) groups is 1. The maximum atomic E-state index is 5.60. The molecule has 6 heteroatoms. The van der Waals surface area contributed by atoms with Gasteiger partial charge >= 0.3 is 0 Å². The lowest BCUT2D eigenvalue weighted by Crippen LogP contribution is -2.43. The van der Waals surface area contributed by atoms with Crippen LogP contribution < -0.4 is 10.6 Å². The van der Waals surface area contributed by atoms with Crippen molar-refractivity contribution in [3.63, 3.8) is 0 Å². The average Bonchev–Trinajstić information content (AvgIpc) is 2.53. The summed E-state index contributed by atoms with van der Waals surface area (Å²) in [6.45, 7) is 17.3. The summed E-state index contributed by atoms with van der Waals surface area (Å²) in [7, 11) is 1.77. The lowest BCUT2D eigenvalue weighted by molar-refractivity contribution is 0.0241. The molecule has 1 aliphatic heterocycles. The molecule has 1 atom stereocenters. The third-order valence-corrected chi connectivity index (χ3v) is 4.82. The fourth-order valence-corrected chi connectivity index (χ4v) is 3.19. The summed E-state index contributed by atoms with van der Waals surface area (Å²) >= 11 is 0. The largest absolute Gasteiger partial charge is 0.379 e. The van der Waals surface area contributed by atoms with Crippen molar-refractivity contribution in [2.24, 2.45) is 16.3 Å². The van der Waals surface area contributed by atoms with E-state index in [2.05, 4.69) is 50.2 Å². The van der Waals surface area contributed by atoms with Crippen LogP contribution in [0.5, 0.6) is 0 Å². The van der Waals surface area contributed by atoms with E-state index in [4.69, 9.17) is 9.73 Å². The lowest BCUT2D eigenvalue weighted by atomic mass is 9.89. The molecule has 0 spiro atoms. The molecule has 1 unspecified atom stereocenters. The summed E-state index contributed by atoms with van der Waals surface area (Å²) in [6.07, 6.45) is 3.96. The van der Waals surface area contributed by atoms with Crippen molar-refractivity contribution in [2.75, 3.05) is 46.4 Å². The lowest BCUT2D eigenvalue weighted by Gasteiger charge is -2.32. The zero-order chi connectivity index (χ0) is 18.0. The van der Waals surface area contributed by atoms with Crippen molar-refractivity contribution < 1.29 is 4.74 Å². The Hall–Kier alpha value is -0.0800. The Bertz CT molecular complexity index is 363. The van der Waals surface area contributed by atoms with Crippen LogP contribution in [0.2, 0.25) is 0 Å². The number of piperidine rings is 1. The van der Waals surface area contributed by atoms with Gasteiger partial charge in [-0.05, 0) is 57.2 Å². The maximum absolute atomic E-state index is 5.60. The van der Waals surface area contributed by atoms with Gasteiger partial charge in [0.05, 0.1) is 12.6 Å². The van der Waals surface area contributed by atoms with Gasteiger partial charge in [-0.25, -0.2) is 0 Å². The third kappa shape index (κ3) is 9.99. The number of methoxy groups -OCH3 is 1. The molecule has 1 heterocycles. The van der Waals surface area contributed by atoms with Gasteiger partial charge < -0.3 is 20.3 Å². The highest BCUT2D eigenvalue weighted by Gasteiger charge is 2.24. The average molecular weight is 468 g/mol. The monoisotopic (exact) mass is 468 g/mol. The minimum absolute atomic E-state index is 0. The van der Waals surface area contributed by atoms with E-state index in [-0.39, 0.29) is 35.5 Å².